The molecule has 1 aromatic carbocycles. The zero-order chi connectivity index (χ0) is 23.8. The smallest absolute Gasteiger partial charge is 0.433 e. The van der Waals surface area contributed by atoms with Crippen LogP contribution in [0.4, 0.5) is 22.8 Å². The van der Waals surface area contributed by atoms with Gasteiger partial charge in [0.1, 0.15) is 0 Å². The number of fused-ring (bicyclic) bond motifs is 1. The molecule has 1 aliphatic rings. The molecule has 1 saturated heterocycles. The first-order valence-electron chi connectivity index (χ1n) is 9.78. The van der Waals surface area contributed by atoms with Crippen LogP contribution in [-0.2, 0) is 17.5 Å². The Balaban J connectivity index is 1.53. The summed E-state index contributed by atoms with van der Waals surface area (Å²) >= 11 is 0. The normalized spacial score (nSPS) is 18.3. The minimum absolute atomic E-state index is 0.0717. The molecule has 3 amide bonds. The topological polar surface area (TPSA) is 107 Å². The lowest BCUT2D eigenvalue weighted by Gasteiger charge is -2.20. The molecule has 0 radical (unpaired) electrons. The molecule has 1 aliphatic heterocycles. The summed E-state index contributed by atoms with van der Waals surface area (Å²) in [6.45, 7) is 1.52. The minimum Gasteiger partial charge on any atom is -0.481 e. The molecule has 1 N–H and O–H groups in total. The number of ether oxygens (including phenoxy) is 2. The van der Waals surface area contributed by atoms with Crippen molar-refractivity contribution in [3.63, 3.8) is 0 Å². The molecular formula is C21H18F3N5O4. The SMILES string of the molecule is COc1cc(C(F)(F)F)nc(C2OC(=O)N(C(=O)NCc3cncc4ccccc34)C2C)n1. The van der Waals surface area contributed by atoms with Crippen molar-refractivity contribution >= 4 is 22.9 Å². The maximum atomic E-state index is 13.2. The van der Waals surface area contributed by atoms with Gasteiger partial charge in [-0.15, -0.1) is 0 Å². The van der Waals surface area contributed by atoms with Gasteiger partial charge in [0.15, 0.2) is 17.6 Å². The Morgan fingerprint density at radius 2 is 2.00 bits per heavy atom. The molecule has 1 fully saturated rings. The Bertz CT molecular complexity index is 1210. The van der Waals surface area contributed by atoms with Gasteiger partial charge in [-0.25, -0.2) is 19.5 Å². The van der Waals surface area contributed by atoms with Crippen LogP contribution >= 0.6 is 0 Å². The van der Waals surface area contributed by atoms with Crippen LogP contribution in [0.5, 0.6) is 5.88 Å². The van der Waals surface area contributed by atoms with Crippen LogP contribution in [0.2, 0.25) is 0 Å². The number of benzene rings is 1. The fraction of sp³-hybridized carbons (Fsp3) is 0.286. The lowest BCUT2D eigenvalue weighted by Crippen LogP contribution is -2.44. The van der Waals surface area contributed by atoms with E-state index in [9.17, 15) is 22.8 Å². The van der Waals surface area contributed by atoms with Gasteiger partial charge in [-0.2, -0.15) is 18.2 Å². The zero-order valence-electron chi connectivity index (χ0n) is 17.5. The van der Waals surface area contributed by atoms with Gasteiger partial charge in [-0.05, 0) is 17.9 Å². The largest absolute Gasteiger partial charge is 0.481 e. The number of alkyl halides is 3. The summed E-state index contributed by atoms with van der Waals surface area (Å²) in [4.78, 5) is 37.4. The van der Waals surface area contributed by atoms with Crippen molar-refractivity contribution in [2.45, 2.75) is 31.8 Å². The van der Waals surface area contributed by atoms with E-state index in [-0.39, 0.29) is 12.4 Å². The fourth-order valence-electron chi connectivity index (χ4n) is 3.50. The molecule has 12 heteroatoms. The van der Waals surface area contributed by atoms with Crippen molar-refractivity contribution in [1.29, 1.82) is 0 Å². The van der Waals surface area contributed by atoms with E-state index in [1.807, 2.05) is 24.3 Å². The van der Waals surface area contributed by atoms with E-state index in [2.05, 4.69) is 20.3 Å². The highest BCUT2D eigenvalue weighted by Crippen LogP contribution is 2.35. The third-order valence-corrected chi connectivity index (χ3v) is 5.14. The van der Waals surface area contributed by atoms with Crippen molar-refractivity contribution in [1.82, 2.24) is 25.2 Å². The molecule has 3 heterocycles. The van der Waals surface area contributed by atoms with Crippen molar-refractivity contribution in [3.8, 4) is 5.88 Å². The number of carbonyl (C=O) groups excluding carboxylic acids is 2. The van der Waals surface area contributed by atoms with E-state index in [4.69, 9.17) is 9.47 Å². The van der Waals surface area contributed by atoms with Crippen LogP contribution in [0.15, 0.2) is 42.7 Å². The number of amides is 3. The van der Waals surface area contributed by atoms with E-state index in [1.165, 1.54) is 6.92 Å². The van der Waals surface area contributed by atoms with Gasteiger partial charge in [0.25, 0.3) is 0 Å². The Morgan fingerprint density at radius 3 is 2.73 bits per heavy atom. The van der Waals surface area contributed by atoms with E-state index < -0.39 is 42.0 Å². The predicted octanol–water partition coefficient (Wildman–Crippen LogP) is 3.84. The van der Waals surface area contributed by atoms with Crippen LogP contribution < -0.4 is 10.1 Å². The summed E-state index contributed by atoms with van der Waals surface area (Å²) in [6.07, 6.45) is -3.81. The number of urea groups is 1. The highest BCUT2D eigenvalue weighted by Gasteiger charge is 2.46. The van der Waals surface area contributed by atoms with Gasteiger partial charge in [0.05, 0.1) is 13.2 Å². The Labute approximate surface area is 185 Å². The summed E-state index contributed by atoms with van der Waals surface area (Å²) in [5.74, 6) is -0.766. The Morgan fingerprint density at radius 1 is 1.24 bits per heavy atom. The number of imide groups is 1. The molecule has 0 bridgehead atoms. The van der Waals surface area contributed by atoms with Gasteiger partial charge >= 0.3 is 18.3 Å². The third-order valence-electron chi connectivity index (χ3n) is 5.14. The van der Waals surface area contributed by atoms with Crippen LogP contribution in [0, 0.1) is 0 Å². The first-order valence-corrected chi connectivity index (χ1v) is 9.78. The number of nitrogens with zero attached hydrogens (tertiary/aromatic N) is 4. The molecule has 172 valence electrons. The third kappa shape index (κ3) is 4.36. The molecule has 3 aromatic rings. The minimum atomic E-state index is -4.76. The maximum absolute atomic E-state index is 13.2. The first kappa shape index (κ1) is 22.2. The van der Waals surface area contributed by atoms with Crippen LogP contribution in [0.3, 0.4) is 0 Å². The van der Waals surface area contributed by atoms with Crippen LogP contribution in [-0.4, -0.2) is 45.1 Å². The monoisotopic (exact) mass is 461 g/mol. The quantitative estimate of drug-likeness (QED) is 0.629. The number of rotatable bonds is 4. The number of methoxy groups -OCH3 is 1. The van der Waals surface area contributed by atoms with Gasteiger partial charge in [0, 0.05) is 30.4 Å². The summed E-state index contributed by atoms with van der Waals surface area (Å²) in [5, 5.41) is 4.39. The van der Waals surface area contributed by atoms with Gasteiger partial charge in [0.2, 0.25) is 5.88 Å². The number of cyclic esters (lactones) is 1. The van der Waals surface area contributed by atoms with Crippen LogP contribution in [0.25, 0.3) is 10.8 Å². The average molecular weight is 461 g/mol. The first-order chi connectivity index (χ1) is 15.7. The van der Waals surface area contributed by atoms with E-state index in [1.54, 1.807) is 12.4 Å². The number of nitrogens with one attached hydrogen (secondary N) is 1. The fourth-order valence-corrected chi connectivity index (χ4v) is 3.50. The predicted molar refractivity (Wildman–Crippen MR) is 108 cm³/mol. The number of pyridine rings is 1. The zero-order valence-corrected chi connectivity index (χ0v) is 17.5. The van der Waals surface area contributed by atoms with Crippen molar-refractivity contribution < 1.29 is 32.2 Å². The second kappa shape index (κ2) is 8.52. The molecule has 2 aromatic heterocycles. The molecule has 0 saturated carbocycles. The number of carbonyl (C=O) groups is 2. The molecule has 0 spiro atoms. The second-order valence-electron chi connectivity index (χ2n) is 7.24. The van der Waals surface area contributed by atoms with E-state index in [0.717, 1.165) is 28.3 Å². The van der Waals surface area contributed by atoms with Crippen molar-refractivity contribution in [2.75, 3.05) is 7.11 Å². The number of halogens is 3. The summed E-state index contributed by atoms with van der Waals surface area (Å²) in [5.41, 5.74) is -0.525. The highest BCUT2D eigenvalue weighted by molar-refractivity contribution is 5.93. The average Bonchev–Trinajstić information content (AvgIpc) is 3.10. The lowest BCUT2D eigenvalue weighted by molar-refractivity contribution is -0.141. The van der Waals surface area contributed by atoms with Gasteiger partial charge < -0.3 is 14.8 Å². The molecule has 2 unspecified atom stereocenters. The molecule has 9 nitrogen and oxygen atoms in total. The number of aromatic nitrogens is 3. The molecule has 0 aliphatic carbocycles. The maximum Gasteiger partial charge on any atom is 0.433 e. The number of hydrogen-bond acceptors (Lipinski definition) is 7. The van der Waals surface area contributed by atoms with Crippen molar-refractivity contribution in [2.24, 2.45) is 0 Å². The summed E-state index contributed by atoms with van der Waals surface area (Å²) in [6, 6.07) is 6.34. The summed E-state index contributed by atoms with van der Waals surface area (Å²) < 4.78 is 49.5. The second-order valence-corrected chi connectivity index (χ2v) is 7.24. The standard InChI is InChI=1S/C21H18F3N5O4/c1-11-17(18-27-15(21(22,23)24)7-16(28-18)32-2)33-20(31)29(11)19(30)26-10-13-9-25-8-12-5-3-4-6-14(12)13/h3-9,11,17H,10H2,1-2H3,(H,26,30). The van der Waals surface area contributed by atoms with Crippen molar-refractivity contribution in [3.05, 3.63) is 59.8 Å². The van der Waals surface area contributed by atoms with E-state index in [0.29, 0.717) is 6.07 Å². The molecule has 33 heavy (non-hydrogen) atoms. The Hall–Kier alpha value is -3.96. The number of hydrogen-bond donors (Lipinski definition) is 1. The molecular weight excluding hydrogens is 443 g/mol. The Kier molecular flexibility index (Phi) is 5.75. The van der Waals surface area contributed by atoms with Crippen LogP contribution in [0.1, 0.15) is 30.1 Å². The van der Waals surface area contributed by atoms with Gasteiger partial charge in [-0.3, -0.25) is 4.98 Å². The lowest BCUT2D eigenvalue weighted by atomic mass is 10.1. The molecule has 4 rings (SSSR count). The van der Waals surface area contributed by atoms with Gasteiger partial charge in [-0.1, -0.05) is 24.3 Å². The molecule has 2 atom stereocenters. The highest BCUT2D eigenvalue weighted by atomic mass is 19.4. The summed E-state index contributed by atoms with van der Waals surface area (Å²) in [7, 11) is 1.15. The van der Waals surface area contributed by atoms with E-state index >= 15 is 0 Å².